The van der Waals surface area contributed by atoms with Crippen LogP contribution in [0.3, 0.4) is 0 Å². The van der Waals surface area contributed by atoms with E-state index in [1.807, 2.05) is 62.4 Å². The second kappa shape index (κ2) is 10.9. The fourth-order valence-corrected chi connectivity index (χ4v) is 4.03. The molecule has 0 aliphatic carbocycles. The van der Waals surface area contributed by atoms with Crippen LogP contribution >= 0.6 is 0 Å². The second-order valence-corrected chi connectivity index (χ2v) is 8.64. The van der Waals surface area contributed by atoms with Gasteiger partial charge in [0.15, 0.2) is 5.82 Å². The standard InChI is InChI=1S/C30H29N3O3/c1-6-16-36-27-15-11-8-12-22(27)19-31-33-29(32-26-14-10-9-13-23(26)30(33)34)25-18-24(20(3)4)28(35-7-2)17-21(25)5/h1,8-15,17-20H,7,16H2,2-5H3. The van der Waals surface area contributed by atoms with E-state index >= 15 is 0 Å². The highest BCUT2D eigenvalue weighted by atomic mass is 16.5. The Morgan fingerprint density at radius 1 is 1.08 bits per heavy atom. The van der Waals surface area contributed by atoms with E-state index in [1.54, 1.807) is 12.3 Å². The van der Waals surface area contributed by atoms with Gasteiger partial charge in [-0.25, -0.2) is 4.98 Å². The second-order valence-electron chi connectivity index (χ2n) is 8.64. The average molecular weight is 480 g/mol. The van der Waals surface area contributed by atoms with Gasteiger partial charge in [-0.05, 0) is 67.3 Å². The number of rotatable bonds is 8. The number of para-hydroxylation sites is 2. The van der Waals surface area contributed by atoms with Crippen LogP contribution < -0.4 is 15.0 Å². The Kier molecular flexibility index (Phi) is 7.50. The minimum Gasteiger partial charge on any atom is -0.494 e. The zero-order valence-electron chi connectivity index (χ0n) is 21.0. The maximum absolute atomic E-state index is 13.6. The molecule has 0 unspecified atom stereocenters. The van der Waals surface area contributed by atoms with E-state index in [0.29, 0.717) is 34.6 Å². The molecule has 0 saturated heterocycles. The first-order chi connectivity index (χ1) is 17.4. The van der Waals surface area contributed by atoms with Gasteiger partial charge in [-0.15, -0.1) is 6.42 Å². The smallest absolute Gasteiger partial charge is 0.282 e. The molecule has 0 spiro atoms. The third-order valence-electron chi connectivity index (χ3n) is 5.82. The highest BCUT2D eigenvalue weighted by Gasteiger charge is 2.18. The Bertz CT molecular complexity index is 1530. The first-order valence-corrected chi connectivity index (χ1v) is 11.9. The number of aryl methyl sites for hydroxylation is 1. The Balaban J connectivity index is 1.95. The van der Waals surface area contributed by atoms with E-state index in [1.165, 1.54) is 4.68 Å². The molecule has 1 aromatic heterocycles. The lowest BCUT2D eigenvalue weighted by Gasteiger charge is -2.18. The van der Waals surface area contributed by atoms with E-state index in [0.717, 1.165) is 22.4 Å². The van der Waals surface area contributed by atoms with Crippen molar-refractivity contribution in [3.05, 3.63) is 87.7 Å². The minimum absolute atomic E-state index is 0.136. The maximum Gasteiger partial charge on any atom is 0.282 e. The van der Waals surface area contributed by atoms with E-state index in [9.17, 15) is 4.79 Å². The largest absolute Gasteiger partial charge is 0.494 e. The average Bonchev–Trinajstić information content (AvgIpc) is 2.87. The van der Waals surface area contributed by atoms with E-state index in [-0.39, 0.29) is 18.1 Å². The van der Waals surface area contributed by atoms with Crippen LogP contribution in [0, 0.1) is 19.3 Å². The molecule has 3 aromatic carbocycles. The highest BCUT2D eigenvalue weighted by Crippen LogP contribution is 2.34. The summed E-state index contributed by atoms with van der Waals surface area (Å²) in [5, 5.41) is 5.09. The summed E-state index contributed by atoms with van der Waals surface area (Å²) >= 11 is 0. The monoisotopic (exact) mass is 479 g/mol. The Hall–Kier alpha value is -4.37. The minimum atomic E-state index is -0.256. The van der Waals surface area contributed by atoms with Crippen molar-refractivity contribution in [2.75, 3.05) is 13.2 Å². The fourth-order valence-electron chi connectivity index (χ4n) is 4.03. The molecule has 4 aromatic rings. The zero-order valence-corrected chi connectivity index (χ0v) is 21.0. The summed E-state index contributed by atoms with van der Waals surface area (Å²) in [6.07, 6.45) is 6.95. The molecule has 0 bridgehead atoms. The van der Waals surface area contributed by atoms with Gasteiger partial charge in [0.25, 0.3) is 5.56 Å². The number of fused-ring (bicyclic) bond motifs is 1. The van der Waals surface area contributed by atoms with Crippen molar-refractivity contribution in [3.63, 3.8) is 0 Å². The normalized spacial score (nSPS) is 11.2. The van der Waals surface area contributed by atoms with Crippen molar-refractivity contribution in [2.24, 2.45) is 5.10 Å². The van der Waals surface area contributed by atoms with Crippen molar-refractivity contribution in [1.29, 1.82) is 0 Å². The first kappa shape index (κ1) is 24.7. The quantitative estimate of drug-likeness (QED) is 0.237. The number of ether oxygens (including phenoxy) is 2. The predicted octanol–water partition coefficient (Wildman–Crippen LogP) is 5.79. The van der Waals surface area contributed by atoms with Gasteiger partial charge in [-0.1, -0.05) is 44.0 Å². The summed E-state index contributed by atoms with van der Waals surface area (Å²) in [7, 11) is 0. The Labute approximate surface area is 211 Å². The third-order valence-corrected chi connectivity index (χ3v) is 5.82. The van der Waals surface area contributed by atoms with Gasteiger partial charge < -0.3 is 9.47 Å². The van der Waals surface area contributed by atoms with Crippen LogP contribution in [-0.4, -0.2) is 29.1 Å². The van der Waals surface area contributed by atoms with Crippen molar-refractivity contribution < 1.29 is 9.47 Å². The van der Waals surface area contributed by atoms with Crippen LogP contribution in [0.5, 0.6) is 11.5 Å². The highest BCUT2D eigenvalue weighted by molar-refractivity contribution is 5.84. The molecule has 182 valence electrons. The molecule has 0 saturated carbocycles. The third kappa shape index (κ3) is 5.01. The number of benzene rings is 3. The molecular formula is C30H29N3O3. The molecule has 0 amide bonds. The van der Waals surface area contributed by atoms with Gasteiger partial charge in [0.2, 0.25) is 0 Å². The molecule has 36 heavy (non-hydrogen) atoms. The topological polar surface area (TPSA) is 65.7 Å². The number of aromatic nitrogens is 2. The molecule has 1 heterocycles. The summed E-state index contributed by atoms with van der Waals surface area (Å²) in [4.78, 5) is 18.5. The van der Waals surface area contributed by atoms with Gasteiger partial charge in [-0.2, -0.15) is 9.78 Å². The van der Waals surface area contributed by atoms with Gasteiger partial charge in [0.05, 0.1) is 23.7 Å². The number of nitrogens with zero attached hydrogens (tertiary/aromatic N) is 3. The maximum atomic E-state index is 13.6. The van der Waals surface area contributed by atoms with Crippen molar-refractivity contribution >= 4 is 17.1 Å². The molecular weight excluding hydrogens is 450 g/mol. The van der Waals surface area contributed by atoms with Crippen LogP contribution in [-0.2, 0) is 0 Å². The van der Waals surface area contributed by atoms with Gasteiger partial charge in [0.1, 0.15) is 18.1 Å². The van der Waals surface area contributed by atoms with Crippen LogP contribution in [0.1, 0.15) is 43.4 Å². The molecule has 0 N–H and O–H groups in total. The molecule has 0 atom stereocenters. The van der Waals surface area contributed by atoms with Crippen LogP contribution in [0.4, 0.5) is 0 Å². The Morgan fingerprint density at radius 3 is 2.58 bits per heavy atom. The number of hydrogen-bond donors (Lipinski definition) is 0. The van der Waals surface area contributed by atoms with Crippen molar-refractivity contribution in [3.8, 4) is 35.2 Å². The predicted molar refractivity (Wildman–Crippen MR) is 145 cm³/mol. The Morgan fingerprint density at radius 2 is 1.83 bits per heavy atom. The summed E-state index contributed by atoms with van der Waals surface area (Å²) in [6.45, 7) is 8.89. The lowest BCUT2D eigenvalue weighted by molar-refractivity contribution is 0.335. The summed E-state index contributed by atoms with van der Waals surface area (Å²) in [5.74, 6) is 4.57. The molecule has 0 fully saturated rings. The first-order valence-electron chi connectivity index (χ1n) is 11.9. The van der Waals surface area contributed by atoms with Gasteiger partial charge >= 0.3 is 0 Å². The van der Waals surface area contributed by atoms with Crippen LogP contribution in [0.25, 0.3) is 22.3 Å². The lowest BCUT2D eigenvalue weighted by atomic mass is 9.96. The van der Waals surface area contributed by atoms with E-state index in [2.05, 4.69) is 30.9 Å². The van der Waals surface area contributed by atoms with E-state index in [4.69, 9.17) is 20.9 Å². The molecule has 0 aliphatic rings. The molecule has 6 heteroatoms. The van der Waals surface area contributed by atoms with Crippen molar-refractivity contribution in [2.45, 2.75) is 33.6 Å². The SMILES string of the molecule is C#CCOc1ccccc1C=Nn1c(-c2cc(C(C)C)c(OCC)cc2C)nc2ccccc2c1=O. The molecule has 6 nitrogen and oxygen atoms in total. The van der Waals surface area contributed by atoms with Crippen molar-refractivity contribution in [1.82, 2.24) is 9.66 Å². The lowest BCUT2D eigenvalue weighted by Crippen LogP contribution is -2.21. The fraction of sp³-hybridized carbons (Fsp3) is 0.233. The summed E-state index contributed by atoms with van der Waals surface area (Å²) < 4.78 is 12.9. The van der Waals surface area contributed by atoms with Crippen LogP contribution in [0.2, 0.25) is 0 Å². The molecule has 4 rings (SSSR count). The van der Waals surface area contributed by atoms with Crippen LogP contribution in [0.15, 0.2) is 70.6 Å². The number of hydrogen-bond acceptors (Lipinski definition) is 5. The molecule has 0 aliphatic heterocycles. The number of terminal acetylenes is 1. The zero-order chi connectivity index (χ0) is 25.7. The summed E-state index contributed by atoms with van der Waals surface area (Å²) in [6, 6.07) is 18.7. The summed E-state index contributed by atoms with van der Waals surface area (Å²) in [5.41, 5.74) is 3.86. The van der Waals surface area contributed by atoms with E-state index < -0.39 is 0 Å². The van der Waals surface area contributed by atoms with Gasteiger partial charge in [0, 0.05) is 11.1 Å². The molecule has 0 radical (unpaired) electrons. The van der Waals surface area contributed by atoms with Gasteiger partial charge in [-0.3, -0.25) is 4.79 Å².